The summed E-state index contributed by atoms with van der Waals surface area (Å²) in [7, 11) is 0. The van der Waals surface area contributed by atoms with E-state index in [0.717, 1.165) is 18.4 Å². The Bertz CT molecular complexity index is 585. The molecule has 0 aliphatic rings. The zero-order valence-corrected chi connectivity index (χ0v) is 18.7. The molecule has 0 bridgehead atoms. The summed E-state index contributed by atoms with van der Waals surface area (Å²) in [6.07, 6.45) is 17.3. The van der Waals surface area contributed by atoms with Gasteiger partial charge in [-0.25, -0.2) is 0 Å². The molecule has 0 saturated heterocycles. The first-order chi connectivity index (χ1) is 14.5. The molecule has 170 valence electrons. The van der Waals surface area contributed by atoms with Gasteiger partial charge in [0.1, 0.15) is 11.8 Å². The molecule has 1 atom stereocenters. The predicted octanol–water partition coefficient (Wildman–Crippen LogP) is 6.03. The van der Waals surface area contributed by atoms with Gasteiger partial charge in [-0.15, -0.1) is 0 Å². The zero-order chi connectivity index (χ0) is 22.0. The van der Waals surface area contributed by atoms with Crippen LogP contribution in [0.4, 0.5) is 0 Å². The van der Waals surface area contributed by atoms with Gasteiger partial charge >= 0.3 is 11.9 Å². The van der Waals surface area contributed by atoms with E-state index in [0.29, 0.717) is 12.2 Å². The summed E-state index contributed by atoms with van der Waals surface area (Å²) >= 11 is 0. The predicted molar refractivity (Wildman–Crippen MR) is 122 cm³/mol. The molecule has 5 nitrogen and oxygen atoms in total. The Kier molecular flexibility index (Phi) is 14.7. The number of nitrogens with two attached hydrogens (primary N) is 1. The van der Waals surface area contributed by atoms with Gasteiger partial charge in [-0.3, -0.25) is 9.59 Å². The Hall–Kier alpha value is -1.88. The maximum atomic E-state index is 11.9. The first-order valence-electron chi connectivity index (χ1n) is 11.8. The molecule has 0 spiro atoms. The molecule has 0 heterocycles. The fraction of sp³-hybridized carbons (Fsp3) is 0.680. The highest BCUT2D eigenvalue weighted by Crippen LogP contribution is 2.16. The van der Waals surface area contributed by atoms with Crippen molar-refractivity contribution >= 4 is 11.9 Å². The molecular weight excluding hydrogens is 378 g/mol. The minimum atomic E-state index is -1.02. The van der Waals surface area contributed by atoms with Crippen molar-refractivity contribution in [3.8, 4) is 5.75 Å². The van der Waals surface area contributed by atoms with Crippen molar-refractivity contribution in [2.45, 2.75) is 109 Å². The van der Waals surface area contributed by atoms with E-state index in [4.69, 9.17) is 15.6 Å². The molecule has 1 aromatic carbocycles. The van der Waals surface area contributed by atoms with Crippen LogP contribution >= 0.6 is 0 Å². The van der Waals surface area contributed by atoms with Crippen LogP contribution in [0.5, 0.6) is 5.75 Å². The van der Waals surface area contributed by atoms with Gasteiger partial charge in [0.25, 0.3) is 0 Å². The van der Waals surface area contributed by atoms with Crippen LogP contribution in [0, 0.1) is 0 Å². The monoisotopic (exact) mass is 419 g/mol. The van der Waals surface area contributed by atoms with Crippen molar-refractivity contribution in [2.75, 3.05) is 0 Å². The van der Waals surface area contributed by atoms with Gasteiger partial charge in [-0.1, -0.05) is 96.1 Å². The van der Waals surface area contributed by atoms with Gasteiger partial charge < -0.3 is 15.6 Å². The van der Waals surface area contributed by atoms with E-state index >= 15 is 0 Å². The molecule has 0 unspecified atom stereocenters. The van der Waals surface area contributed by atoms with Crippen LogP contribution in [-0.4, -0.2) is 23.1 Å². The molecule has 0 radical (unpaired) electrons. The molecular formula is C25H41NO4. The van der Waals surface area contributed by atoms with E-state index < -0.39 is 12.0 Å². The number of carbonyl (C=O) groups is 2. The summed E-state index contributed by atoms with van der Waals surface area (Å²) in [5.41, 5.74) is 6.33. The third kappa shape index (κ3) is 13.4. The van der Waals surface area contributed by atoms with E-state index in [-0.39, 0.29) is 12.4 Å². The van der Waals surface area contributed by atoms with E-state index in [1.165, 1.54) is 70.6 Å². The van der Waals surface area contributed by atoms with Gasteiger partial charge in [0, 0.05) is 6.42 Å². The molecule has 3 N–H and O–H groups in total. The molecule has 1 rings (SSSR count). The summed E-state index contributed by atoms with van der Waals surface area (Å²) in [5.74, 6) is -0.751. The van der Waals surface area contributed by atoms with Crippen LogP contribution in [0.1, 0.15) is 102 Å². The van der Waals surface area contributed by atoms with Crippen molar-refractivity contribution < 1.29 is 19.4 Å². The summed E-state index contributed by atoms with van der Waals surface area (Å²) in [5, 5.41) is 8.84. The SMILES string of the molecule is CCCCCCCCCCCCCCCC(=O)Oc1ccc(C[C@H](N)C(=O)O)cc1. The second-order valence-corrected chi connectivity index (χ2v) is 8.26. The van der Waals surface area contributed by atoms with Gasteiger partial charge in [0.15, 0.2) is 0 Å². The number of ether oxygens (including phenoxy) is 1. The van der Waals surface area contributed by atoms with E-state index in [2.05, 4.69) is 6.92 Å². The minimum Gasteiger partial charge on any atom is -0.480 e. The quantitative estimate of drug-likeness (QED) is 0.172. The first-order valence-corrected chi connectivity index (χ1v) is 11.8. The molecule has 0 aliphatic carbocycles. The third-order valence-electron chi connectivity index (χ3n) is 5.41. The van der Waals surface area contributed by atoms with E-state index in [1.54, 1.807) is 24.3 Å². The van der Waals surface area contributed by atoms with Gasteiger partial charge in [-0.2, -0.15) is 0 Å². The number of esters is 1. The van der Waals surface area contributed by atoms with Gasteiger partial charge in [-0.05, 0) is 30.5 Å². The summed E-state index contributed by atoms with van der Waals surface area (Å²) in [6, 6.07) is 5.94. The van der Waals surface area contributed by atoms with Gasteiger partial charge in [0.2, 0.25) is 0 Å². The van der Waals surface area contributed by atoms with Crippen LogP contribution in [0.15, 0.2) is 24.3 Å². The van der Waals surface area contributed by atoms with Crippen LogP contribution in [-0.2, 0) is 16.0 Å². The number of carboxylic acid groups (broad SMARTS) is 1. The molecule has 0 aliphatic heterocycles. The maximum absolute atomic E-state index is 11.9. The largest absolute Gasteiger partial charge is 0.480 e. The zero-order valence-electron chi connectivity index (χ0n) is 18.7. The molecule has 0 saturated carbocycles. The lowest BCUT2D eigenvalue weighted by Gasteiger charge is -2.08. The molecule has 5 heteroatoms. The number of hydrogen-bond donors (Lipinski definition) is 2. The van der Waals surface area contributed by atoms with Crippen molar-refractivity contribution in [1.29, 1.82) is 0 Å². The van der Waals surface area contributed by atoms with Crippen molar-refractivity contribution in [3.05, 3.63) is 29.8 Å². The Balaban J connectivity index is 2.00. The average Bonchev–Trinajstić information content (AvgIpc) is 2.72. The Morgan fingerprint density at radius 2 is 1.30 bits per heavy atom. The Labute approximate surface area is 182 Å². The standard InChI is InChI=1S/C25H41NO4/c1-2-3-4-5-6-7-8-9-10-11-12-13-14-15-24(27)30-22-18-16-21(17-19-22)20-23(26)25(28)29/h16-19,23H,2-15,20,26H2,1H3,(H,28,29)/t23-/m0/s1. The highest BCUT2D eigenvalue weighted by Gasteiger charge is 2.12. The third-order valence-corrected chi connectivity index (χ3v) is 5.41. The summed E-state index contributed by atoms with van der Waals surface area (Å²) < 4.78 is 5.34. The Morgan fingerprint density at radius 1 is 0.833 bits per heavy atom. The highest BCUT2D eigenvalue weighted by molar-refractivity contribution is 5.73. The lowest BCUT2D eigenvalue weighted by molar-refractivity contribution is -0.138. The minimum absolute atomic E-state index is 0.215. The normalized spacial score (nSPS) is 11.9. The highest BCUT2D eigenvalue weighted by atomic mass is 16.5. The number of rotatable bonds is 18. The number of carbonyl (C=O) groups excluding carboxylic acids is 1. The molecule has 0 fully saturated rings. The van der Waals surface area contributed by atoms with E-state index in [1.807, 2.05) is 0 Å². The topological polar surface area (TPSA) is 89.6 Å². The van der Waals surface area contributed by atoms with E-state index in [9.17, 15) is 9.59 Å². The molecule has 0 amide bonds. The lowest BCUT2D eigenvalue weighted by atomic mass is 10.0. The van der Waals surface area contributed by atoms with Crippen LogP contribution in [0.25, 0.3) is 0 Å². The summed E-state index contributed by atoms with van der Waals surface area (Å²) in [4.78, 5) is 22.7. The van der Waals surface area contributed by atoms with Crippen molar-refractivity contribution in [2.24, 2.45) is 5.73 Å². The second kappa shape index (κ2) is 16.9. The van der Waals surface area contributed by atoms with Crippen molar-refractivity contribution in [1.82, 2.24) is 0 Å². The Morgan fingerprint density at radius 3 is 1.77 bits per heavy atom. The first kappa shape index (κ1) is 26.2. The number of hydrogen-bond acceptors (Lipinski definition) is 4. The second-order valence-electron chi connectivity index (χ2n) is 8.26. The van der Waals surface area contributed by atoms with Crippen molar-refractivity contribution in [3.63, 3.8) is 0 Å². The number of benzene rings is 1. The fourth-order valence-corrected chi connectivity index (χ4v) is 3.50. The smallest absolute Gasteiger partial charge is 0.320 e. The lowest BCUT2D eigenvalue weighted by Crippen LogP contribution is -2.32. The van der Waals surface area contributed by atoms with Crippen LogP contribution < -0.4 is 10.5 Å². The number of carboxylic acids is 1. The van der Waals surface area contributed by atoms with Gasteiger partial charge in [0.05, 0.1) is 0 Å². The fourth-order valence-electron chi connectivity index (χ4n) is 3.50. The molecule has 0 aromatic heterocycles. The number of unbranched alkanes of at least 4 members (excludes halogenated alkanes) is 12. The number of aliphatic carboxylic acids is 1. The maximum Gasteiger partial charge on any atom is 0.320 e. The van der Waals surface area contributed by atoms with Crippen LogP contribution in [0.2, 0.25) is 0 Å². The average molecular weight is 420 g/mol. The van der Waals surface area contributed by atoms with Crippen LogP contribution in [0.3, 0.4) is 0 Å². The molecule has 30 heavy (non-hydrogen) atoms. The summed E-state index contributed by atoms with van der Waals surface area (Å²) in [6.45, 7) is 2.26. The molecule has 1 aromatic rings.